The number of anilines is 3. The molecule has 11 heteroatoms. The number of rotatable bonds is 6. The normalized spacial score (nSPS) is 17.1. The summed E-state index contributed by atoms with van der Waals surface area (Å²) in [5.74, 6) is -0.642. The fourth-order valence-corrected chi connectivity index (χ4v) is 4.65. The monoisotopic (exact) mass is 455 g/mol. The molecule has 0 radical (unpaired) electrons. The second-order valence-electron chi connectivity index (χ2n) is 7.64. The van der Waals surface area contributed by atoms with Crippen LogP contribution < -0.4 is 20.9 Å². The molecule has 168 valence electrons. The molecule has 2 amide bonds. The van der Waals surface area contributed by atoms with Gasteiger partial charge in [0.1, 0.15) is 5.69 Å². The molecule has 0 unspecified atom stereocenters. The highest BCUT2D eigenvalue weighted by Crippen LogP contribution is 2.29. The van der Waals surface area contributed by atoms with Gasteiger partial charge in [-0.3, -0.25) is 14.5 Å². The first-order chi connectivity index (χ1) is 15.5. The predicted molar refractivity (Wildman–Crippen MR) is 122 cm³/mol. The first-order valence-electron chi connectivity index (χ1n) is 10.4. The number of carbonyl (C=O) groups is 2. The molecule has 1 aromatic heterocycles. The lowest BCUT2D eigenvalue weighted by Gasteiger charge is -2.36. The number of nitrogens with two attached hydrogens (primary N) is 1. The van der Waals surface area contributed by atoms with Crippen LogP contribution in [0.1, 0.15) is 16.1 Å². The molecule has 0 atom stereocenters. The molecule has 0 saturated carbocycles. The lowest BCUT2D eigenvalue weighted by atomic mass is 10.1. The van der Waals surface area contributed by atoms with Crippen molar-refractivity contribution in [3.8, 4) is 6.07 Å². The van der Waals surface area contributed by atoms with Gasteiger partial charge in [0.05, 0.1) is 42.8 Å². The van der Waals surface area contributed by atoms with Crippen molar-refractivity contribution in [1.29, 1.82) is 5.26 Å². The minimum atomic E-state index is -0.349. The maximum absolute atomic E-state index is 12.9. The smallest absolute Gasteiger partial charge is 0.275 e. The summed E-state index contributed by atoms with van der Waals surface area (Å²) < 4.78 is 5.37. The van der Waals surface area contributed by atoms with Crippen LogP contribution in [0.3, 0.4) is 0 Å². The second kappa shape index (κ2) is 9.95. The van der Waals surface area contributed by atoms with Crippen LogP contribution in [-0.2, 0) is 9.53 Å². The predicted octanol–water partition coefficient (Wildman–Crippen LogP) is 0.711. The molecule has 3 N–H and O–H groups in total. The Morgan fingerprint density at radius 1 is 1.16 bits per heavy atom. The Balaban J connectivity index is 1.48. The van der Waals surface area contributed by atoms with Crippen LogP contribution in [0.5, 0.6) is 0 Å². The first-order valence-corrected chi connectivity index (χ1v) is 11.3. The van der Waals surface area contributed by atoms with Crippen molar-refractivity contribution in [3.05, 3.63) is 34.8 Å². The van der Waals surface area contributed by atoms with Crippen LogP contribution in [-0.4, -0.2) is 80.7 Å². The average Bonchev–Trinajstić information content (AvgIpc) is 3.31. The standard InChI is InChI=1S/C21H25N7O3S/c22-12-15-1-2-16(18(11-15)27-5-3-26(4-6-27)13-19(23)29)24-20(30)17-14-32-21(25-17)28-7-9-31-10-8-28/h1-2,11,14H,3-10,13H2,(H2,23,29)(H,24,30). The van der Waals surface area contributed by atoms with Gasteiger partial charge in [0, 0.05) is 44.6 Å². The molecule has 2 aliphatic rings. The lowest BCUT2D eigenvalue weighted by molar-refractivity contribution is -0.119. The minimum absolute atomic E-state index is 0.227. The summed E-state index contributed by atoms with van der Waals surface area (Å²) in [5.41, 5.74) is 7.57. The number of hydrogen-bond donors (Lipinski definition) is 2. The van der Waals surface area contributed by atoms with Gasteiger partial charge in [0.15, 0.2) is 5.13 Å². The van der Waals surface area contributed by atoms with Crippen molar-refractivity contribution >= 4 is 39.7 Å². The van der Waals surface area contributed by atoms with E-state index in [2.05, 4.69) is 26.2 Å². The summed E-state index contributed by atoms with van der Waals surface area (Å²) in [6.07, 6.45) is 0. The van der Waals surface area contributed by atoms with E-state index in [0.717, 1.165) is 23.9 Å². The van der Waals surface area contributed by atoms with E-state index in [-0.39, 0.29) is 18.4 Å². The van der Waals surface area contributed by atoms with Gasteiger partial charge in [0.25, 0.3) is 5.91 Å². The molecule has 2 aliphatic heterocycles. The van der Waals surface area contributed by atoms with Crippen molar-refractivity contribution in [1.82, 2.24) is 9.88 Å². The summed E-state index contributed by atoms with van der Waals surface area (Å²) in [6, 6.07) is 7.36. The van der Waals surface area contributed by atoms with Gasteiger partial charge in [-0.1, -0.05) is 0 Å². The second-order valence-corrected chi connectivity index (χ2v) is 8.48. The number of aromatic nitrogens is 1. The van der Waals surface area contributed by atoms with Crippen LogP contribution in [0.4, 0.5) is 16.5 Å². The number of piperazine rings is 1. The van der Waals surface area contributed by atoms with E-state index in [1.807, 2.05) is 4.90 Å². The molecule has 4 rings (SSSR count). The lowest BCUT2D eigenvalue weighted by Crippen LogP contribution is -2.49. The van der Waals surface area contributed by atoms with Crippen LogP contribution >= 0.6 is 11.3 Å². The van der Waals surface area contributed by atoms with E-state index in [0.29, 0.717) is 56.3 Å². The number of morpholine rings is 1. The fraction of sp³-hybridized carbons (Fsp3) is 0.429. The SMILES string of the molecule is N#Cc1ccc(NC(=O)c2csc(N3CCOCC3)n2)c(N2CCN(CC(N)=O)CC2)c1. The molecule has 2 saturated heterocycles. The number of thiazole rings is 1. The minimum Gasteiger partial charge on any atom is -0.378 e. The topological polar surface area (TPSA) is 128 Å². The zero-order valence-electron chi connectivity index (χ0n) is 17.6. The van der Waals surface area contributed by atoms with Gasteiger partial charge in [-0.2, -0.15) is 5.26 Å². The van der Waals surface area contributed by atoms with Gasteiger partial charge in [-0.15, -0.1) is 11.3 Å². The van der Waals surface area contributed by atoms with E-state index in [9.17, 15) is 14.9 Å². The highest BCUT2D eigenvalue weighted by molar-refractivity contribution is 7.14. The molecular formula is C21H25N7O3S. The number of hydrogen-bond acceptors (Lipinski definition) is 9. The van der Waals surface area contributed by atoms with Gasteiger partial charge < -0.3 is 25.6 Å². The van der Waals surface area contributed by atoms with Gasteiger partial charge in [-0.05, 0) is 18.2 Å². The zero-order valence-corrected chi connectivity index (χ0v) is 18.4. The molecule has 1 aromatic carbocycles. The molecule has 0 spiro atoms. The summed E-state index contributed by atoms with van der Waals surface area (Å²) in [5, 5.41) is 14.9. The third-order valence-electron chi connectivity index (χ3n) is 5.47. The van der Waals surface area contributed by atoms with Crippen molar-refractivity contribution in [2.75, 3.05) is 74.1 Å². The number of primary amides is 1. The molecule has 10 nitrogen and oxygen atoms in total. The van der Waals surface area contributed by atoms with E-state index in [1.54, 1.807) is 23.6 Å². The van der Waals surface area contributed by atoms with E-state index >= 15 is 0 Å². The van der Waals surface area contributed by atoms with Gasteiger partial charge in [0.2, 0.25) is 5.91 Å². The van der Waals surface area contributed by atoms with Crippen molar-refractivity contribution in [3.63, 3.8) is 0 Å². The van der Waals surface area contributed by atoms with E-state index in [1.165, 1.54) is 11.3 Å². The highest BCUT2D eigenvalue weighted by Gasteiger charge is 2.23. The molecule has 2 fully saturated rings. The fourth-order valence-electron chi connectivity index (χ4n) is 3.79. The Morgan fingerprint density at radius 2 is 1.91 bits per heavy atom. The summed E-state index contributed by atoms with van der Waals surface area (Å²) >= 11 is 1.44. The Morgan fingerprint density at radius 3 is 2.59 bits per heavy atom. The van der Waals surface area contributed by atoms with Gasteiger partial charge >= 0.3 is 0 Å². The van der Waals surface area contributed by atoms with E-state index in [4.69, 9.17) is 10.5 Å². The molecule has 32 heavy (non-hydrogen) atoms. The zero-order chi connectivity index (χ0) is 22.5. The summed E-state index contributed by atoms with van der Waals surface area (Å²) in [4.78, 5) is 34.8. The number of amides is 2. The van der Waals surface area contributed by atoms with Crippen LogP contribution in [0, 0.1) is 11.3 Å². The van der Waals surface area contributed by atoms with Crippen molar-refractivity contribution < 1.29 is 14.3 Å². The number of ether oxygens (including phenoxy) is 1. The average molecular weight is 456 g/mol. The summed E-state index contributed by atoms with van der Waals surface area (Å²) in [7, 11) is 0. The number of nitriles is 1. The quantitative estimate of drug-likeness (QED) is 0.652. The largest absolute Gasteiger partial charge is 0.378 e. The summed E-state index contributed by atoms with van der Waals surface area (Å²) in [6.45, 7) is 5.71. The number of nitrogens with zero attached hydrogens (tertiary/aromatic N) is 5. The van der Waals surface area contributed by atoms with Crippen LogP contribution in [0.25, 0.3) is 0 Å². The Kier molecular flexibility index (Phi) is 6.84. The molecule has 0 bridgehead atoms. The molecular weight excluding hydrogens is 430 g/mol. The highest BCUT2D eigenvalue weighted by atomic mass is 32.1. The van der Waals surface area contributed by atoms with Crippen LogP contribution in [0.15, 0.2) is 23.6 Å². The Labute approximate surface area is 190 Å². The van der Waals surface area contributed by atoms with E-state index < -0.39 is 0 Å². The third-order valence-corrected chi connectivity index (χ3v) is 6.38. The van der Waals surface area contributed by atoms with Gasteiger partial charge in [-0.25, -0.2) is 4.98 Å². The Bertz CT molecular complexity index is 1020. The maximum atomic E-state index is 12.9. The Hall–Kier alpha value is -3.20. The number of nitrogens with one attached hydrogen (secondary N) is 1. The van der Waals surface area contributed by atoms with Crippen molar-refractivity contribution in [2.45, 2.75) is 0 Å². The third kappa shape index (κ3) is 5.16. The first kappa shape index (κ1) is 22.0. The molecule has 2 aromatic rings. The molecule has 3 heterocycles. The number of benzene rings is 1. The maximum Gasteiger partial charge on any atom is 0.275 e. The van der Waals surface area contributed by atoms with Crippen molar-refractivity contribution in [2.24, 2.45) is 5.73 Å². The number of carbonyl (C=O) groups excluding carboxylic acids is 2. The molecule has 0 aliphatic carbocycles. The van der Waals surface area contributed by atoms with Crippen LogP contribution in [0.2, 0.25) is 0 Å².